The molecule has 1 amide bonds. The number of nitrogens with zero attached hydrogens (tertiary/aromatic N) is 3. The Balaban J connectivity index is 1.51. The Morgan fingerprint density at radius 3 is 2.47 bits per heavy atom. The summed E-state index contributed by atoms with van der Waals surface area (Å²) >= 11 is 0. The van der Waals surface area contributed by atoms with Crippen LogP contribution in [-0.4, -0.2) is 66.8 Å². The van der Waals surface area contributed by atoms with E-state index in [1.54, 1.807) is 41.6 Å². The third kappa shape index (κ3) is 3.54. The molecule has 30 heavy (non-hydrogen) atoms. The lowest BCUT2D eigenvalue weighted by atomic mass is 10.1. The van der Waals surface area contributed by atoms with Gasteiger partial charge in [0.2, 0.25) is 10.0 Å². The van der Waals surface area contributed by atoms with Crippen molar-refractivity contribution in [2.45, 2.75) is 18.7 Å². The van der Waals surface area contributed by atoms with E-state index in [2.05, 4.69) is 9.97 Å². The lowest BCUT2D eigenvalue weighted by molar-refractivity contribution is 0.0698. The zero-order valence-corrected chi connectivity index (χ0v) is 18.0. The van der Waals surface area contributed by atoms with Crippen molar-refractivity contribution in [2.24, 2.45) is 0 Å². The molecule has 4 rings (SSSR count). The zero-order chi connectivity index (χ0) is 21.5. The number of amides is 1. The van der Waals surface area contributed by atoms with Gasteiger partial charge in [0.05, 0.1) is 24.5 Å². The number of rotatable bonds is 4. The Morgan fingerprint density at radius 2 is 1.77 bits per heavy atom. The number of sulfonamides is 1. The second-order valence-electron chi connectivity index (χ2n) is 7.42. The van der Waals surface area contributed by atoms with E-state index < -0.39 is 10.0 Å². The van der Waals surface area contributed by atoms with Crippen LogP contribution in [0.15, 0.2) is 41.6 Å². The molecule has 1 aromatic heterocycles. The number of nitrogens with one attached hydrogen (secondary N) is 1. The van der Waals surface area contributed by atoms with Crippen molar-refractivity contribution in [1.82, 2.24) is 19.2 Å². The summed E-state index contributed by atoms with van der Waals surface area (Å²) < 4.78 is 33.2. The first-order valence-electron chi connectivity index (χ1n) is 9.69. The summed E-state index contributed by atoms with van der Waals surface area (Å²) in [5.41, 5.74) is 4.00. The largest absolute Gasteiger partial charge is 0.495 e. The summed E-state index contributed by atoms with van der Waals surface area (Å²) in [4.78, 5) is 21.9. The fraction of sp³-hybridized carbons (Fsp3) is 0.333. The molecule has 0 aliphatic carbocycles. The number of carbonyl (C=O) groups excluding carboxylic acids is 1. The lowest BCUT2D eigenvalue weighted by Crippen LogP contribution is -2.50. The summed E-state index contributed by atoms with van der Waals surface area (Å²) in [5, 5.41) is 0. The standard InChI is InChI=1S/C21H24N4O4S/c1-14-10-19(29-3)20(11-15(14)2)30(27,28)25-8-6-24(7-9-25)21(26)16-4-5-17-18(12-16)23-13-22-17/h4-5,10-13H,6-9H2,1-3H3,(H,22,23). The maximum atomic E-state index is 13.2. The second-order valence-corrected chi connectivity index (χ2v) is 9.32. The normalized spacial score (nSPS) is 15.5. The number of imidazole rings is 1. The van der Waals surface area contributed by atoms with Gasteiger partial charge < -0.3 is 14.6 Å². The molecule has 0 radical (unpaired) electrons. The molecule has 0 atom stereocenters. The van der Waals surface area contributed by atoms with E-state index in [1.165, 1.54) is 11.4 Å². The van der Waals surface area contributed by atoms with Gasteiger partial charge in [0.1, 0.15) is 10.6 Å². The SMILES string of the molecule is COc1cc(C)c(C)cc1S(=O)(=O)N1CCN(C(=O)c2ccc3nc[nH]c3c2)CC1. The number of hydrogen-bond donors (Lipinski definition) is 1. The number of H-pyrrole nitrogens is 1. The molecular formula is C21H24N4O4S. The molecule has 8 nitrogen and oxygen atoms in total. The van der Waals surface area contributed by atoms with Crippen LogP contribution in [0, 0.1) is 13.8 Å². The summed E-state index contributed by atoms with van der Waals surface area (Å²) in [7, 11) is -2.25. The van der Waals surface area contributed by atoms with Gasteiger partial charge in [0.15, 0.2) is 0 Å². The molecular weight excluding hydrogens is 404 g/mol. The molecule has 0 spiro atoms. The summed E-state index contributed by atoms with van der Waals surface area (Å²) in [6.07, 6.45) is 1.59. The molecule has 1 saturated heterocycles. The van der Waals surface area contributed by atoms with Gasteiger partial charge >= 0.3 is 0 Å². The van der Waals surface area contributed by atoms with Crippen LogP contribution in [0.3, 0.4) is 0 Å². The van der Waals surface area contributed by atoms with Crippen molar-refractivity contribution < 1.29 is 17.9 Å². The van der Waals surface area contributed by atoms with Gasteiger partial charge in [-0.15, -0.1) is 0 Å². The summed E-state index contributed by atoms with van der Waals surface area (Å²) in [6.45, 7) is 4.91. The van der Waals surface area contributed by atoms with Gasteiger partial charge in [0, 0.05) is 31.7 Å². The van der Waals surface area contributed by atoms with E-state index in [4.69, 9.17) is 4.74 Å². The van der Waals surface area contributed by atoms with Crippen LogP contribution in [0.1, 0.15) is 21.5 Å². The Bertz CT molecular complexity index is 1210. The maximum absolute atomic E-state index is 13.2. The molecule has 1 aliphatic rings. The van der Waals surface area contributed by atoms with Crippen molar-refractivity contribution in [2.75, 3.05) is 33.3 Å². The van der Waals surface area contributed by atoms with Crippen LogP contribution in [0.25, 0.3) is 11.0 Å². The van der Waals surface area contributed by atoms with Crippen molar-refractivity contribution >= 4 is 27.0 Å². The number of aromatic nitrogens is 2. The van der Waals surface area contributed by atoms with Gasteiger partial charge in [-0.05, 0) is 55.3 Å². The number of ether oxygens (including phenoxy) is 1. The minimum atomic E-state index is -3.72. The van der Waals surface area contributed by atoms with Crippen molar-refractivity contribution in [3.63, 3.8) is 0 Å². The Morgan fingerprint density at radius 1 is 1.07 bits per heavy atom. The van der Waals surface area contributed by atoms with Crippen LogP contribution in [0.5, 0.6) is 5.75 Å². The number of aromatic amines is 1. The molecule has 2 heterocycles. The van der Waals surface area contributed by atoms with E-state index in [-0.39, 0.29) is 23.9 Å². The summed E-state index contributed by atoms with van der Waals surface area (Å²) in [6, 6.07) is 8.71. The van der Waals surface area contributed by atoms with Crippen molar-refractivity contribution in [3.05, 3.63) is 53.3 Å². The molecule has 1 aliphatic heterocycles. The van der Waals surface area contributed by atoms with Crippen LogP contribution in [0.2, 0.25) is 0 Å². The first-order valence-corrected chi connectivity index (χ1v) is 11.1. The highest BCUT2D eigenvalue weighted by atomic mass is 32.2. The minimum Gasteiger partial charge on any atom is -0.495 e. The Hall–Kier alpha value is -2.91. The molecule has 3 aromatic rings. The molecule has 0 unspecified atom stereocenters. The third-order valence-corrected chi connectivity index (χ3v) is 7.51. The second kappa shape index (κ2) is 7.73. The molecule has 0 bridgehead atoms. The molecule has 0 saturated carbocycles. The molecule has 1 fully saturated rings. The highest BCUT2D eigenvalue weighted by Gasteiger charge is 2.32. The Kier molecular flexibility index (Phi) is 5.25. The predicted octanol–water partition coefficient (Wildman–Crippen LogP) is 2.34. The van der Waals surface area contributed by atoms with Crippen LogP contribution < -0.4 is 4.74 Å². The Labute approximate surface area is 175 Å². The topological polar surface area (TPSA) is 95.6 Å². The zero-order valence-electron chi connectivity index (χ0n) is 17.2. The fourth-order valence-electron chi connectivity index (χ4n) is 3.65. The van der Waals surface area contributed by atoms with Gasteiger partial charge in [-0.1, -0.05) is 0 Å². The van der Waals surface area contributed by atoms with Crippen LogP contribution >= 0.6 is 0 Å². The van der Waals surface area contributed by atoms with Crippen molar-refractivity contribution in [3.8, 4) is 5.75 Å². The molecule has 9 heteroatoms. The predicted molar refractivity (Wildman–Crippen MR) is 113 cm³/mol. The number of hydrogen-bond acceptors (Lipinski definition) is 5. The third-order valence-electron chi connectivity index (χ3n) is 5.59. The van der Waals surface area contributed by atoms with Gasteiger partial charge in [-0.3, -0.25) is 4.79 Å². The van der Waals surface area contributed by atoms with Crippen molar-refractivity contribution in [1.29, 1.82) is 0 Å². The molecule has 158 valence electrons. The fourth-order valence-corrected chi connectivity index (χ4v) is 5.29. The average Bonchev–Trinajstić information content (AvgIpc) is 3.22. The van der Waals surface area contributed by atoms with E-state index in [9.17, 15) is 13.2 Å². The van der Waals surface area contributed by atoms with Gasteiger partial charge in [-0.25, -0.2) is 13.4 Å². The average molecular weight is 429 g/mol. The van der Waals surface area contributed by atoms with Crippen LogP contribution in [-0.2, 0) is 10.0 Å². The molecule has 2 aromatic carbocycles. The highest BCUT2D eigenvalue weighted by Crippen LogP contribution is 2.30. The smallest absolute Gasteiger partial charge is 0.254 e. The quantitative estimate of drug-likeness (QED) is 0.688. The number of fused-ring (bicyclic) bond motifs is 1. The van der Waals surface area contributed by atoms with Gasteiger partial charge in [-0.2, -0.15) is 4.31 Å². The lowest BCUT2D eigenvalue weighted by Gasteiger charge is -2.34. The van der Waals surface area contributed by atoms with E-state index >= 15 is 0 Å². The number of carbonyl (C=O) groups is 1. The number of piperazine rings is 1. The van der Waals surface area contributed by atoms with Gasteiger partial charge in [0.25, 0.3) is 5.91 Å². The number of aryl methyl sites for hydroxylation is 2. The van der Waals surface area contributed by atoms with E-state index in [1.807, 2.05) is 13.8 Å². The minimum absolute atomic E-state index is 0.118. The van der Waals surface area contributed by atoms with E-state index in [0.717, 1.165) is 22.2 Å². The molecule has 1 N–H and O–H groups in total. The maximum Gasteiger partial charge on any atom is 0.254 e. The number of methoxy groups -OCH3 is 1. The highest BCUT2D eigenvalue weighted by molar-refractivity contribution is 7.89. The first-order chi connectivity index (χ1) is 14.3. The number of benzene rings is 2. The summed E-state index contributed by atoms with van der Waals surface area (Å²) in [5.74, 6) is 0.219. The monoisotopic (exact) mass is 428 g/mol. The van der Waals surface area contributed by atoms with E-state index in [0.29, 0.717) is 24.4 Å². The first kappa shape index (κ1) is 20.4. The van der Waals surface area contributed by atoms with Crippen LogP contribution in [0.4, 0.5) is 0 Å².